The summed E-state index contributed by atoms with van der Waals surface area (Å²) in [5.41, 5.74) is 7.80. The van der Waals surface area contributed by atoms with E-state index >= 15 is 0 Å². The van der Waals surface area contributed by atoms with Crippen molar-refractivity contribution in [1.29, 1.82) is 0 Å². The molecule has 0 aromatic heterocycles. The number of nitrogens with one attached hydrogen (secondary N) is 1. The average molecular weight is 260 g/mol. The smallest absolute Gasteiger partial charge is 0.227 e. The minimum atomic E-state index is -0.0668. The van der Waals surface area contributed by atoms with Gasteiger partial charge in [0.15, 0.2) is 0 Å². The van der Waals surface area contributed by atoms with E-state index in [-0.39, 0.29) is 17.9 Å². The lowest BCUT2D eigenvalue weighted by atomic mass is 9.82. The molecule has 104 valence electrons. The van der Waals surface area contributed by atoms with Gasteiger partial charge in [0.1, 0.15) is 0 Å². The van der Waals surface area contributed by atoms with Crippen LogP contribution in [0.1, 0.15) is 51.1 Å². The highest BCUT2D eigenvalue weighted by molar-refractivity contribution is 5.93. The Morgan fingerprint density at radius 1 is 1.26 bits per heavy atom. The van der Waals surface area contributed by atoms with Gasteiger partial charge in [-0.25, -0.2) is 0 Å². The molecule has 3 N–H and O–H groups in total. The van der Waals surface area contributed by atoms with Gasteiger partial charge in [-0.3, -0.25) is 4.79 Å². The molecule has 1 amide bonds. The van der Waals surface area contributed by atoms with Gasteiger partial charge in [-0.05, 0) is 50.2 Å². The summed E-state index contributed by atoms with van der Waals surface area (Å²) in [6.07, 6.45) is 4.33. The van der Waals surface area contributed by atoms with Crippen molar-refractivity contribution in [3.05, 3.63) is 29.8 Å². The summed E-state index contributed by atoms with van der Waals surface area (Å²) in [4.78, 5) is 12.3. The lowest BCUT2D eigenvalue weighted by Crippen LogP contribution is -2.27. The number of nitrogens with two attached hydrogens (primary N) is 1. The number of carbonyl (C=O) groups excluding carboxylic acids is 1. The molecule has 0 heterocycles. The topological polar surface area (TPSA) is 55.1 Å². The largest absolute Gasteiger partial charge is 0.326 e. The molecule has 0 radical (unpaired) electrons. The molecular formula is C16H24N2O. The Balaban J connectivity index is 2.03. The molecule has 19 heavy (non-hydrogen) atoms. The van der Waals surface area contributed by atoms with E-state index in [4.69, 9.17) is 5.73 Å². The van der Waals surface area contributed by atoms with Crippen LogP contribution in [0.15, 0.2) is 24.3 Å². The second-order valence-corrected chi connectivity index (χ2v) is 5.82. The molecule has 1 atom stereocenters. The third kappa shape index (κ3) is 3.57. The van der Waals surface area contributed by atoms with Crippen LogP contribution in [0.5, 0.6) is 0 Å². The molecule has 3 nitrogen and oxygen atoms in total. The Kier molecular flexibility index (Phi) is 4.59. The number of hydrogen-bond acceptors (Lipinski definition) is 2. The average Bonchev–Trinajstić information content (AvgIpc) is 2.39. The number of anilines is 1. The van der Waals surface area contributed by atoms with Crippen molar-refractivity contribution >= 4 is 11.6 Å². The first-order valence-electron chi connectivity index (χ1n) is 7.23. The highest BCUT2D eigenvalue weighted by atomic mass is 16.1. The van der Waals surface area contributed by atoms with Crippen LogP contribution in [0.2, 0.25) is 0 Å². The first-order valence-corrected chi connectivity index (χ1v) is 7.23. The zero-order valence-corrected chi connectivity index (χ0v) is 11.9. The van der Waals surface area contributed by atoms with Crippen molar-refractivity contribution in [3.63, 3.8) is 0 Å². The predicted molar refractivity (Wildman–Crippen MR) is 78.8 cm³/mol. The van der Waals surface area contributed by atoms with Crippen molar-refractivity contribution in [2.24, 2.45) is 17.6 Å². The molecule has 1 aromatic carbocycles. The normalized spacial score (nSPS) is 24.8. The third-order valence-electron chi connectivity index (χ3n) is 4.10. The maximum atomic E-state index is 12.3. The first kappa shape index (κ1) is 14.1. The van der Waals surface area contributed by atoms with E-state index in [0.29, 0.717) is 0 Å². The molecule has 0 spiro atoms. The molecule has 1 aliphatic carbocycles. The van der Waals surface area contributed by atoms with E-state index in [1.54, 1.807) is 0 Å². The summed E-state index contributed by atoms with van der Waals surface area (Å²) in [6.45, 7) is 4.20. The van der Waals surface area contributed by atoms with Gasteiger partial charge < -0.3 is 11.1 Å². The van der Waals surface area contributed by atoms with Gasteiger partial charge >= 0.3 is 0 Å². The Morgan fingerprint density at radius 2 is 1.89 bits per heavy atom. The number of rotatable bonds is 3. The molecule has 1 saturated carbocycles. The zero-order chi connectivity index (χ0) is 13.8. The van der Waals surface area contributed by atoms with Crippen LogP contribution in [0.25, 0.3) is 0 Å². The number of hydrogen-bond donors (Lipinski definition) is 2. The summed E-state index contributed by atoms with van der Waals surface area (Å²) < 4.78 is 0. The minimum Gasteiger partial charge on any atom is -0.326 e. The van der Waals surface area contributed by atoms with Gasteiger partial charge in [0.05, 0.1) is 0 Å². The van der Waals surface area contributed by atoms with Crippen molar-refractivity contribution in [2.75, 3.05) is 5.32 Å². The van der Waals surface area contributed by atoms with E-state index in [2.05, 4.69) is 12.2 Å². The highest BCUT2D eigenvalue weighted by Crippen LogP contribution is 2.30. The van der Waals surface area contributed by atoms with Crippen LogP contribution < -0.4 is 11.1 Å². The van der Waals surface area contributed by atoms with Crippen molar-refractivity contribution in [1.82, 2.24) is 0 Å². The maximum absolute atomic E-state index is 12.3. The highest BCUT2D eigenvalue weighted by Gasteiger charge is 2.24. The predicted octanol–water partition coefficient (Wildman–Crippen LogP) is 3.47. The standard InChI is InChI=1S/C16H24N2O/c1-11-7-9-13(10-8-11)16(19)18-15-6-4-3-5-14(15)12(2)17/h3-6,11-13H,7-10,17H2,1-2H3,(H,18,19). The van der Waals surface area contributed by atoms with Crippen LogP contribution in [-0.4, -0.2) is 5.91 Å². The monoisotopic (exact) mass is 260 g/mol. The zero-order valence-electron chi connectivity index (χ0n) is 11.9. The van der Waals surface area contributed by atoms with Gasteiger partial charge in [-0.15, -0.1) is 0 Å². The first-order chi connectivity index (χ1) is 9.08. The van der Waals surface area contributed by atoms with Crippen LogP contribution >= 0.6 is 0 Å². The number of carbonyl (C=O) groups is 1. The summed E-state index contributed by atoms with van der Waals surface area (Å²) >= 11 is 0. The van der Waals surface area contributed by atoms with Crippen LogP contribution in [0, 0.1) is 11.8 Å². The molecule has 0 saturated heterocycles. The van der Waals surface area contributed by atoms with Crippen molar-refractivity contribution < 1.29 is 4.79 Å². The van der Waals surface area contributed by atoms with Gasteiger partial charge in [-0.1, -0.05) is 25.1 Å². The lowest BCUT2D eigenvalue weighted by Gasteiger charge is -2.25. The minimum absolute atomic E-state index is 0.0668. The molecular weight excluding hydrogens is 236 g/mol. The molecule has 1 unspecified atom stereocenters. The second kappa shape index (κ2) is 6.20. The fraction of sp³-hybridized carbons (Fsp3) is 0.562. The van der Waals surface area contributed by atoms with Gasteiger partial charge in [0.25, 0.3) is 0 Å². The fourth-order valence-corrected chi connectivity index (χ4v) is 2.76. The van der Waals surface area contributed by atoms with E-state index in [1.165, 1.54) is 0 Å². The summed E-state index contributed by atoms with van der Waals surface area (Å²) in [5.74, 6) is 1.08. The fourth-order valence-electron chi connectivity index (χ4n) is 2.76. The Hall–Kier alpha value is -1.35. The molecule has 0 bridgehead atoms. The SMILES string of the molecule is CC1CCC(C(=O)Nc2ccccc2C(C)N)CC1. The van der Waals surface area contributed by atoms with E-state index in [0.717, 1.165) is 42.9 Å². The van der Waals surface area contributed by atoms with E-state index in [1.807, 2.05) is 31.2 Å². The number of amides is 1. The Labute approximate surface area is 115 Å². The maximum Gasteiger partial charge on any atom is 0.227 e. The molecule has 0 aliphatic heterocycles. The molecule has 3 heteroatoms. The molecule has 1 aromatic rings. The molecule has 1 aliphatic rings. The van der Waals surface area contributed by atoms with Gasteiger partial charge in [-0.2, -0.15) is 0 Å². The quantitative estimate of drug-likeness (QED) is 0.874. The van der Waals surface area contributed by atoms with Gasteiger partial charge in [0, 0.05) is 17.6 Å². The summed E-state index contributed by atoms with van der Waals surface area (Å²) in [5, 5.41) is 3.06. The van der Waals surface area contributed by atoms with Crippen LogP contribution in [-0.2, 0) is 4.79 Å². The van der Waals surface area contributed by atoms with Crippen LogP contribution in [0.4, 0.5) is 5.69 Å². The summed E-state index contributed by atoms with van der Waals surface area (Å²) in [6, 6.07) is 7.73. The van der Waals surface area contributed by atoms with Gasteiger partial charge in [0.2, 0.25) is 5.91 Å². The molecule has 1 fully saturated rings. The number of para-hydroxylation sites is 1. The Bertz CT molecular complexity index is 434. The lowest BCUT2D eigenvalue weighted by molar-refractivity contribution is -0.121. The Morgan fingerprint density at radius 3 is 2.53 bits per heavy atom. The van der Waals surface area contributed by atoms with Crippen molar-refractivity contribution in [3.8, 4) is 0 Å². The molecule has 2 rings (SSSR count). The van der Waals surface area contributed by atoms with E-state index in [9.17, 15) is 4.79 Å². The van der Waals surface area contributed by atoms with Crippen LogP contribution in [0.3, 0.4) is 0 Å². The summed E-state index contributed by atoms with van der Waals surface area (Å²) in [7, 11) is 0. The van der Waals surface area contributed by atoms with Crippen molar-refractivity contribution in [2.45, 2.75) is 45.6 Å². The second-order valence-electron chi connectivity index (χ2n) is 5.82. The number of benzene rings is 1. The third-order valence-corrected chi connectivity index (χ3v) is 4.10. The van der Waals surface area contributed by atoms with E-state index < -0.39 is 0 Å².